The second-order valence-electron chi connectivity index (χ2n) is 5.40. The van der Waals surface area contributed by atoms with Gasteiger partial charge in [0.1, 0.15) is 0 Å². The van der Waals surface area contributed by atoms with Gasteiger partial charge in [-0.05, 0) is 29.9 Å². The Balaban J connectivity index is 1.68. The maximum Gasteiger partial charge on any atom is 0.224 e. The van der Waals surface area contributed by atoms with Crippen molar-refractivity contribution in [2.45, 2.75) is 13.0 Å². The van der Waals surface area contributed by atoms with Crippen molar-refractivity contribution in [3.63, 3.8) is 0 Å². The number of rotatable bonds is 4. The molecule has 0 radical (unpaired) electrons. The van der Waals surface area contributed by atoms with Gasteiger partial charge in [-0.15, -0.1) is 0 Å². The Morgan fingerprint density at radius 2 is 2.05 bits per heavy atom. The first-order valence-electron chi connectivity index (χ1n) is 6.72. The first-order valence-corrected chi connectivity index (χ1v) is 6.72. The quantitative estimate of drug-likeness (QED) is 0.774. The number of allylic oxidation sites excluding steroid dienone is 2. The lowest BCUT2D eigenvalue weighted by Crippen LogP contribution is -2.44. The summed E-state index contributed by atoms with van der Waals surface area (Å²) in [5.74, 6) is -2.57. The van der Waals surface area contributed by atoms with Crippen LogP contribution in [-0.4, -0.2) is 16.9 Å². The molecule has 20 heavy (non-hydrogen) atoms. The number of carbonyl (C=O) groups excluding carboxylic acids is 2. The molecule has 4 unspecified atom stereocenters. The maximum atomic E-state index is 12.3. The summed E-state index contributed by atoms with van der Waals surface area (Å²) in [7, 11) is 0. The van der Waals surface area contributed by atoms with Crippen LogP contribution in [0, 0.1) is 23.7 Å². The Hall–Kier alpha value is -2.17. The molecule has 2 aliphatic rings. The van der Waals surface area contributed by atoms with E-state index in [9.17, 15) is 14.7 Å². The number of aliphatic carboxylic acids is 1. The SMILES string of the molecule is O=C([O-])C1C2C=CC(C2)C1C(=O)NCc1cccnc1. The molecule has 1 saturated carbocycles. The van der Waals surface area contributed by atoms with Crippen molar-refractivity contribution in [3.8, 4) is 0 Å². The van der Waals surface area contributed by atoms with Crippen molar-refractivity contribution in [1.82, 2.24) is 10.3 Å². The molecular weight excluding hydrogens is 256 g/mol. The number of hydrogen-bond acceptors (Lipinski definition) is 4. The molecule has 4 atom stereocenters. The van der Waals surface area contributed by atoms with Crippen molar-refractivity contribution in [2.75, 3.05) is 0 Å². The van der Waals surface area contributed by atoms with E-state index in [1.54, 1.807) is 18.5 Å². The molecule has 1 aromatic rings. The van der Waals surface area contributed by atoms with E-state index in [0.29, 0.717) is 6.54 Å². The van der Waals surface area contributed by atoms with Gasteiger partial charge >= 0.3 is 0 Å². The van der Waals surface area contributed by atoms with E-state index < -0.39 is 17.8 Å². The highest BCUT2D eigenvalue weighted by Gasteiger charge is 2.48. The summed E-state index contributed by atoms with van der Waals surface area (Å²) in [6.45, 7) is 0.365. The number of carboxylic acid groups (broad SMARTS) is 1. The zero-order valence-electron chi connectivity index (χ0n) is 10.9. The standard InChI is InChI=1S/C15H16N2O3/c18-14(17-8-9-2-1-5-16-7-9)12-10-3-4-11(6-10)13(12)15(19)20/h1-5,7,10-13H,6,8H2,(H,17,18)(H,19,20)/p-1. The van der Waals surface area contributed by atoms with Crippen molar-refractivity contribution >= 4 is 11.9 Å². The van der Waals surface area contributed by atoms with Crippen LogP contribution in [0.25, 0.3) is 0 Å². The second-order valence-corrected chi connectivity index (χ2v) is 5.40. The van der Waals surface area contributed by atoms with Gasteiger partial charge in [-0.25, -0.2) is 0 Å². The lowest BCUT2D eigenvalue weighted by Gasteiger charge is -2.27. The predicted molar refractivity (Wildman–Crippen MR) is 68.8 cm³/mol. The van der Waals surface area contributed by atoms with Crippen LogP contribution >= 0.6 is 0 Å². The Morgan fingerprint density at radius 3 is 2.70 bits per heavy atom. The van der Waals surface area contributed by atoms with Crippen LogP contribution in [0.4, 0.5) is 0 Å². The first-order chi connectivity index (χ1) is 9.66. The van der Waals surface area contributed by atoms with Gasteiger partial charge in [0.25, 0.3) is 0 Å². The highest BCUT2D eigenvalue weighted by atomic mass is 16.4. The van der Waals surface area contributed by atoms with E-state index in [0.717, 1.165) is 12.0 Å². The van der Waals surface area contributed by atoms with Crippen LogP contribution in [0.15, 0.2) is 36.7 Å². The van der Waals surface area contributed by atoms with Gasteiger partial charge in [0.15, 0.2) is 0 Å². The normalized spacial score (nSPS) is 30.4. The lowest BCUT2D eigenvalue weighted by molar-refractivity contribution is -0.313. The average molecular weight is 271 g/mol. The molecule has 5 heteroatoms. The summed E-state index contributed by atoms with van der Waals surface area (Å²) in [5.41, 5.74) is 0.893. The summed E-state index contributed by atoms with van der Waals surface area (Å²) < 4.78 is 0. The number of amides is 1. The number of aromatic nitrogens is 1. The minimum absolute atomic E-state index is 0.0248. The molecule has 1 aromatic heterocycles. The van der Waals surface area contributed by atoms with Gasteiger partial charge in [-0.3, -0.25) is 9.78 Å². The summed E-state index contributed by atoms with van der Waals surface area (Å²) in [4.78, 5) is 27.5. The van der Waals surface area contributed by atoms with Gasteiger partial charge in [0.2, 0.25) is 5.91 Å². The van der Waals surface area contributed by atoms with Crippen molar-refractivity contribution in [3.05, 3.63) is 42.2 Å². The third kappa shape index (κ3) is 2.19. The summed E-state index contributed by atoms with van der Waals surface area (Å²) >= 11 is 0. The third-order valence-corrected chi connectivity index (χ3v) is 4.22. The topological polar surface area (TPSA) is 82.1 Å². The molecule has 0 saturated heterocycles. The van der Waals surface area contributed by atoms with Crippen LogP contribution in [0.3, 0.4) is 0 Å². The average Bonchev–Trinajstić information content (AvgIpc) is 3.06. The van der Waals surface area contributed by atoms with Crippen molar-refractivity contribution in [1.29, 1.82) is 0 Å². The molecule has 0 aromatic carbocycles. The molecule has 2 bridgehead atoms. The fourth-order valence-corrected chi connectivity index (χ4v) is 3.31. The molecule has 1 fully saturated rings. The monoisotopic (exact) mass is 271 g/mol. The Bertz CT molecular complexity index is 555. The van der Waals surface area contributed by atoms with E-state index in [2.05, 4.69) is 10.3 Å². The van der Waals surface area contributed by atoms with E-state index >= 15 is 0 Å². The third-order valence-electron chi connectivity index (χ3n) is 4.22. The van der Waals surface area contributed by atoms with E-state index in [1.165, 1.54) is 0 Å². The van der Waals surface area contributed by atoms with Crippen LogP contribution in [-0.2, 0) is 16.1 Å². The van der Waals surface area contributed by atoms with E-state index in [1.807, 2.05) is 18.2 Å². The Kier molecular flexibility index (Phi) is 3.26. The number of pyridine rings is 1. The molecule has 1 heterocycles. The molecule has 104 valence electrons. The Morgan fingerprint density at radius 1 is 1.30 bits per heavy atom. The van der Waals surface area contributed by atoms with Crippen molar-refractivity contribution < 1.29 is 14.7 Å². The predicted octanol–water partition coefficient (Wildman–Crippen LogP) is -0.114. The van der Waals surface area contributed by atoms with Gasteiger partial charge in [0.05, 0.1) is 5.92 Å². The number of fused-ring (bicyclic) bond motifs is 2. The fourth-order valence-electron chi connectivity index (χ4n) is 3.31. The number of nitrogens with zero attached hydrogens (tertiary/aromatic N) is 1. The summed E-state index contributed by atoms with van der Waals surface area (Å²) in [6, 6.07) is 3.66. The van der Waals surface area contributed by atoms with Crippen molar-refractivity contribution in [2.24, 2.45) is 23.7 Å². The Labute approximate surface area is 116 Å². The smallest absolute Gasteiger partial charge is 0.224 e. The minimum atomic E-state index is -1.12. The zero-order valence-corrected chi connectivity index (χ0v) is 10.9. The van der Waals surface area contributed by atoms with Crippen LogP contribution in [0.1, 0.15) is 12.0 Å². The summed E-state index contributed by atoms with van der Waals surface area (Å²) in [5, 5.41) is 14.1. The lowest BCUT2D eigenvalue weighted by atomic mass is 9.82. The molecule has 5 nitrogen and oxygen atoms in total. The number of carboxylic acids is 1. The molecule has 0 spiro atoms. The molecular formula is C15H15N2O3-. The van der Waals surface area contributed by atoms with Crippen LogP contribution in [0.2, 0.25) is 0 Å². The number of hydrogen-bond donors (Lipinski definition) is 1. The molecule has 1 amide bonds. The van der Waals surface area contributed by atoms with Crippen LogP contribution in [0.5, 0.6) is 0 Å². The largest absolute Gasteiger partial charge is 0.550 e. The fraction of sp³-hybridized carbons (Fsp3) is 0.400. The van der Waals surface area contributed by atoms with Gasteiger partial charge in [0, 0.05) is 30.8 Å². The zero-order chi connectivity index (χ0) is 14.1. The van der Waals surface area contributed by atoms with E-state index in [-0.39, 0.29) is 17.7 Å². The van der Waals surface area contributed by atoms with Gasteiger partial charge < -0.3 is 15.2 Å². The number of carbonyl (C=O) groups is 2. The minimum Gasteiger partial charge on any atom is -0.550 e. The van der Waals surface area contributed by atoms with E-state index in [4.69, 9.17) is 0 Å². The second kappa shape index (κ2) is 5.07. The number of nitrogens with one attached hydrogen (secondary N) is 1. The molecule has 2 aliphatic carbocycles. The summed E-state index contributed by atoms with van der Waals surface area (Å²) in [6.07, 6.45) is 7.94. The van der Waals surface area contributed by atoms with Crippen LogP contribution < -0.4 is 10.4 Å². The maximum absolute atomic E-state index is 12.3. The highest BCUT2D eigenvalue weighted by molar-refractivity contribution is 5.86. The highest BCUT2D eigenvalue weighted by Crippen LogP contribution is 2.47. The molecule has 0 aliphatic heterocycles. The first kappa shape index (κ1) is 12.8. The van der Waals surface area contributed by atoms with Gasteiger partial charge in [-0.2, -0.15) is 0 Å². The van der Waals surface area contributed by atoms with Gasteiger partial charge in [-0.1, -0.05) is 18.2 Å². The molecule has 1 N–H and O–H groups in total. The molecule has 3 rings (SSSR count).